The van der Waals surface area contributed by atoms with E-state index in [2.05, 4.69) is 10.5 Å². The van der Waals surface area contributed by atoms with Crippen molar-refractivity contribution in [3.63, 3.8) is 0 Å². The van der Waals surface area contributed by atoms with Crippen molar-refractivity contribution in [2.75, 3.05) is 10.8 Å². The maximum absolute atomic E-state index is 13.3. The molecule has 0 heterocycles. The SMILES string of the molecule is C/C(=N/NC(=O)CN(c1cccc(Cl)c1)S(=O)(=O)c1ccc(C)cc1)c1ccc(C)cc1. The second kappa shape index (κ2) is 9.97. The molecule has 0 saturated heterocycles. The summed E-state index contributed by atoms with van der Waals surface area (Å²) >= 11 is 6.08. The summed E-state index contributed by atoms with van der Waals surface area (Å²) in [5.41, 5.74) is 6.24. The average molecular weight is 470 g/mol. The lowest BCUT2D eigenvalue weighted by atomic mass is 10.1. The highest BCUT2D eigenvalue weighted by atomic mass is 35.5. The van der Waals surface area contributed by atoms with Crippen LogP contribution in [0.1, 0.15) is 23.6 Å². The van der Waals surface area contributed by atoms with Crippen LogP contribution in [0.15, 0.2) is 82.8 Å². The Labute approximate surface area is 193 Å². The van der Waals surface area contributed by atoms with Crippen LogP contribution in [0.4, 0.5) is 5.69 Å². The number of sulfonamides is 1. The number of benzene rings is 3. The quantitative estimate of drug-likeness (QED) is 0.402. The molecule has 0 radical (unpaired) electrons. The lowest BCUT2D eigenvalue weighted by Gasteiger charge is -2.24. The Balaban J connectivity index is 1.87. The largest absolute Gasteiger partial charge is 0.271 e. The summed E-state index contributed by atoms with van der Waals surface area (Å²) in [6.45, 7) is 5.16. The molecular formula is C24H24ClN3O3S. The van der Waals surface area contributed by atoms with Crippen LogP contribution >= 0.6 is 11.6 Å². The van der Waals surface area contributed by atoms with Crippen molar-refractivity contribution in [3.8, 4) is 0 Å². The lowest BCUT2D eigenvalue weighted by molar-refractivity contribution is -0.119. The van der Waals surface area contributed by atoms with Crippen molar-refractivity contribution in [2.24, 2.45) is 5.10 Å². The van der Waals surface area contributed by atoms with E-state index in [0.717, 1.165) is 21.0 Å². The molecule has 0 aromatic heterocycles. The zero-order valence-corrected chi connectivity index (χ0v) is 19.6. The first-order chi connectivity index (χ1) is 15.2. The van der Waals surface area contributed by atoms with Gasteiger partial charge in [0.2, 0.25) is 0 Å². The predicted octanol–water partition coefficient (Wildman–Crippen LogP) is 4.69. The number of halogens is 1. The van der Waals surface area contributed by atoms with E-state index in [0.29, 0.717) is 10.7 Å². The number of nitrogens with zero attached hydrogens (tertiary/aromatic N) is 2. The molecule has 0 atom stereocenters. The monoisotopic (exact) mass is 469 g/mol. The first kappa shape index (κ1) is 23.5. The highest BCUT2D eigenvalue weighted by molar-refractivity contribution is 7.92. The zero-order chi connectivity index (χ0) is 23.3. The average Bonchev–Trinajstić information content (AvgIpc) is 2.76. The molecule has 0 aliphatic heterocycles. The van der Waals surface area contributed by atoms with Gasteiger partial charge in [0.25, 0.3) is 15.9 Å². The smallest absolute Gasteiger partial charge is 0.264 e. The molecule has 1 N–H and O–H groups in total. The van der Waals surface area contributed by atoms with E-state index in [1.165, 1.54) is 18.2 Å². The highest BCUT2D eigenvalue weighted by Crippen LogP contribution is 2.26. The van der Waals surface area contributed by atoms with Crippen molar-refractivity contribution in [1.29, 1.82) is 0 Å². The van der Waals surface area contributed by atoms with Gasteiger partial charge in [-0.25, -0.2) is 13.8 Å². The van der Waals surface area contributed by atoms with Gasteiger partial charge in [-0.15, -0.1) is 0 Å². The summed E-state index contributed by atoms with van der Waals surface area (Å²) in [7, 11) is -4.01. The third kappa shape index (κ3) is 5.75. The number of carbonyl (C=O) groups is 1. The van der Waals surface area contributed by atoms with E-state index in [1.54, 1.807) is 37.3 Å². The van der Waals surface area contributed by atoms with Gasteiger partial charge in [-0.2, -0.15) is 5.10 Å². The van der Waals surface area contributed by atoms with Gasteiger partial charge in [-0.1, -0.05) is 65.2 Å². The number of amides is 1. The van der Waals surface area contributed by atoms with E-state index < -0.39 is 22.5 Å². The van der Waals surface area contributed by atoms with Crippen LogP contribution in [0.3, 0.4) is 0 Å². The fourth-order valence-corrected chi connectivity index (χ4v) is 4.55. The second-order valence-corrected chi connectivity index (χ2v) is 9.70. The zero-order valence-electron chi connectivity index (χ0n) is 18.0. The minimum Gasteiger partial charge on any atom is -0.271 e. The van der Waals surface area contributed by atoms with Crippen LogP contribution in [-0.4, -0.2) is 26.6 Å². The number of hydrazone groups is 1. The minimum absolute atomic E-state index is 0.0789. The highest BCUT2D eigenvalue weighted by Gasteiger charge is 2.27. The third-order valence-corrected chi connectivity index (χ3v) is 6.83. The number of hydrogen-bond donors (Lipinski definition) is 1. The van der Waals surface area contributed by atoms with Gasteiger partial charge in [0, 0.05) is 5.02 Å². The third-order valence-electron chi connectivity index (χ3n) is 4.81. The van der Waals surface area contributed by atoms with Crippen LogP contribution in [0.5, 0.6) is 0 Å². The van der Waals surface area contributed by atoms with Crippen LogP contribution in [0.2, 0.25) is 5.02 Å². The van der Waals surface area contributed by atoms with E-state index in [-0.39, 0.29) is 10.6 Å². The number of rotatable bonds is 7. The standard InChI is InChI=1S/C24H24ClN3O3S/c1-17-7-11-20(12-8-17)19(3)26-27-24(29)16-28(22-6-4-5-21(25)15-22)32(30,31)23-13-9-18(2)10-14-23/h4-15H,16H2,1-3H3,(H,27,29)/b26-19-. The summed E-state index contributed by atoms with van der Waals surface area (Å²) < 4.78 is 27.7. The maximum atomic E-state index is 13.3. The van der Waals surface area contributed by atoms with E-state index in [4.69, 9.17) is 11.6 Å². The van der Waals surface area contributed by atoms with Gasteiger partial charge in [0.1, 0.15) is 6.54 Å². The fourth-order valence-electron chi connectivity index (χ4n) is 2.96. The minimum atomic E-state index is -4.01. The Morgan fingerprint density at radius 3 is 2.16 bits per heavy atom. The van der Waals surface area contributed by atoms with Gasteiger partial charge in [0.15, 0.2) is 0 Å². The van der Waals surface area contributed by atoms with Crippen LogP contribution < -0.4 is 9.73 Å². The van der Waals surface area contributed by atoms with Crippen molar-refractivity contribution >= 4 is 38.9 Å². The summed E-state index contributed by atoms with van der Waals surface area (Å²) in [6, 6.07) is 20.5. The first-order valence-electron chi connectivity index (χ1n) is 9.92. The molecule has 32 heavy (non-hydrogen) atoms. The molecule has 3 rings (SSSR count). The van der Waals surface area contributed by atoms with Crippen LogP contribution in [-0.2, 0) is 14.8 Å². The molecule has 0 fully saturated rings. The Morgan fingerprint density at radius 1 is 0.969 bits per heavy atom. The molecular weight excluding hydrogens is 446 g/mol. The molecule has 0 aliphatic rings. The Hall–Kier alpha value is -3.16. The number of anilines is 1. The maximum Gasteiger partial charge on any atom is 0.264 e. The molecule has 0 spiro atoms. The molecule has 166 valence electrons. The van der Waals surface area contributed by atoms with E-state index >= 15 is 0 Å². The topological polar surface area (TPSA) is 78.8 Å². The van der Waals surface area contributed by atoms with Crippen LogP contribution in [0.25, 0.3) is 0 Å². The molecule has 0 bridgehead atoms. The Kier molecular flexibility index (Phi) is 7.33. The summed E-state index contributed by atoms with van der Waals surface area (Å²) in [5.74, 6) is -0.577. The van der Waals surface area contributed by atoms with Crippen molar-refractivity contribution in [2.45, 2.75) is 25.7 Å². The fraction of sp³-hybridized carbons (Fsp3) is 0.167. The molecule has 6 nitrogen and oxygen atoms in total. The summed E-state index contributed by atoms with van der Waals surface area (Å²) in [6.07, 6.45) is 0. The summed E-state index contributed by atoms with van der Waals surface area (Å²) in [5, 5.41) is 4.49. The Morgan fingerprint density at radius 2 is 1.56 bits per heavy atom. The number of carbonyl (C=O) groups excluding carboxylic acids is 1. The van der Waals surface area contributed by atoms with Gasteiger partial charge >= 0.3 is 0 Å². The van der Waals surface area contributed by atoms with Gasteiger partial charge in [0.05, 0.1) is 16.3 Å². The molecule has 3 aromatic rings. The van der Waals surface area contributed by atoms with Crippen molar-refractivity contribution in [3.05, 3.63) is 94.5 Å². The molecule has 0 saturated carbocycles. The molecule has 3 aromatic carbocycles. The molecule has 1 amide bonds. The van der Waals surface area contributed by atoms with E-state index in [1.807, 2.05) is 38.1 Å². The number of nitrogens with one attached hydrogen (secondary N) is 1. The first-order valence-corrected chi connectivity index (χ1v) is 11.7. The number of aryl methyl sites for hydroxylation is 2. The molecule has 0 aliphatic carbocycles. The molecule has 0 unspecified atom stereocenters. The van der Waals surface area contributed by atoms with Crippen molar-refractivity contribution in [1.82, 2.24) is 5.43 Å². The van der Waals surface area contributed by atoms with Gasteiger partial charge in [-0.05, 0) is 56.7 Å². The summed E-state index contributed by atoms with van der Waals surface area (Å²) in [4.78, 5) is 12.8. The molecule has 8 heteroatoms. The second-order valence-electron chi connectivity index (χ2n) is 7.40. The van der Waals surface area contributed by atoms with E-state index in [9.17, 15) is 13.2 Å². The van der Waals surface area contributed by atoms with Gasteiger partial charge < -0.3 is 0 Å². The van der Waals surface area contributed by atoms with Gasteiger partial charge in [-0.3, -0.25) is 9.10 Å². The normalized spacial score (nSPS) is 11.8. The lowest BCUT2D eigenvalue weighted by Crippen LogP contribution is -2.39. The van der Waals surface area contributed by atoms with Crippen molar-refractivity contribution < 1.29 is 13.2 Å². The number of hydrogen-bond acceptors (Lipinski definition) is 4. The Bertz CT molecular complexity index is 1240. The van der Waals surface area contributed by atoms with Crippen LogP contribution in [0, 0.1) is 13.8 Å². The predicted molar refractivity (Wildman–Crippen MR) is 129 cm³/mol.